The van der Waals surface area contributed by atoms with Crippen molar-refractivity contribution >= 4 is 12.1 Å². The highest BCUT2D eigenvalue weighted by Crippen LogP contribution is 2.14. The highest BCUT2D eigenvalue weighted by Gasteiger charge is 2.15. The summed E-state index contributed by atoms with van der Waals surface area (Å²) in [5.41, 5.74) is 0.177. The number of rotatable bonds is 8. The van der Waals surface area contributed by atoms with Crippen molar-refractivity contribution in [1.29, 1.82) is 0 Å². The van der Waals surface area contributed by atoms with Gasteiger partial charge in [-0.25, -0.2) is 14.5 Å². The number of carbonyl (C=O) groups excluding carboxylic acids is 2. The number of hydrogen-bond donors (Lipinski definition) is 0. The Kier molecular flexibility index (Phi) is 7.73. The summed E-state index contributed by atoms with van der Waals surface area (Å²) in [5.74, 6) is -0.343. The van der Waals surface area contributed by atoms with Crippen molar-refractivity contribution in [3.05, 3.63) is 29.8 Å². The summed E-state index contributed by atoms with van der Waals surface area (Å²) >= 11 is 0. The summed E-state index contributed by atoms with van der Waals surface area (Å²) in [6, 6.07) is 6.26. The Morgan fingerprint density at radius 2 is 2.00 bits per heavy atom. The van der Waals surface area contributed by atoms with Crippen molar-refractivity contribution in [2.45, 2.75) is 20.0 Å². The molecule has 0 saturated carbocycles. The van der Waals surface area contributed by atoms with E-state index < -0.39 is 18.2 Å². The van der Waals surface area contributed by atoms with Crippen LogP contribution in [0.5, 0.6) is 5.75 Å². The fourth-order valence-electron chi connectivity index (χ4n) is 1.46. The van der Waals surface area contributed by atoms with E-state index in [0.29, 0.717) is 12.4 Å². The van der Waals surface area contributed by atoms with Crippen LogP contribution in [0.2, 0.25) is 0 Å². The van der Waals surface area contributed by atoms with Crippen molar-refractivity contribution in [3.63, 3.8) is 0 Å². The van der Waals surface area contributed by atoms with Gasteiger partial charge in [-0.15, -0.1) is 0 Å². The van der Waals surface area contributed by atoms with Crippen molar-refractivity contribution < 1.29 is 38.6 Å². The lowest BCUT2D eigenvalue weighted by atomic mass is 10.2. The first kappa shape index (κ1) is 17.7. The van der Waals surface area contributed by atoms with Crippen molar-refractivity contribution in [2.24, 2.45) is 0 Å². The van der Waals surface area contributed by atoms with Gasteiger partial charge in [-0.2, -0.15) is 0 Å². The number of benzene rings is 1. The quantitative estimate of drug-likeness (QED) is 0.410. The van der Waals surface area contributed by atoms with E-state index in [9.17, 15) is 9.59 Å². The van der Waals surface area contributed by atoms with Gasteiger partial charge in [0.25, 0.3) is 0 Å². The van der Waals surface area contributed by atoms with E-state index in [1.54, 1.807) is 19.1 Å². The van der Waals surface area contributed by atoms with Crippen LogP contribution in [0.4, 0.5) is 4.79 Å². The van der Waals surface area contributed by atoms with Crippen LogP contribution in [0.15, 0.2) is 24.3 Å². The Labute approximate surface area is 127 Å². The summed E-state index contributed by atoms with van der Waals surface area (Å²) in [6.07, 6.45) is -1.68. The molecule has 0 fully saturated rings. The smallest absolute Gasteiger partial charge is 0.494 e. The SMILES string of the molecule is CCOc1cccc(C(=O)OOOC(=O)OC(C)COC)c1. The molecule has 0 aliphatic carbocycles. The van der Waals surface area contributed by atoms with Crippen molar-refractivity contribution in [3.8, 4) is 5.75 Å². The van der Waals surface area contributed by atoms with Crippen LogP contribution in [0.3, 0.4) is 0 Å². The molecule has 1 aromatic rings. The molecule has 0 heterocycles. The third-order valence-electron chi connectivity index (χ3n) is 2.29. The van der Waals surface area contributed by atoms with Gasteiger partial charge in [-0.05, 0) is 32.0 Å². The minimum Gasteiger partial charge on any atom is -0.494 e. The van der Waals surface area contributed by atoms with Gasteiger partial charge in [-0.1, -0.05) is 6.07 Å². The maximum absolute atomic E-state index is 11.7. The predicted molar refractivity (Wildman–Crippen MR) is 73.0 cm³/mol. The maximum atomic E-state index is 11.7. The number of carbonyl (C=O) groups is 2. The third kappa shape index (κ3) is 6.42. The molecule has 0 radical (unpaired) electrons. The Bertz CT molecular complexity index is 487. The average molecular weight is 314 g/mol. The van der Waals surface area contributed by atoms with Crippen LogP contribution >= 0.6 is 0 Å². The zero-order chi connectivity index (χ0) is 16.4. The first-order valence-electron chi connectivity index (χ1n) is 6.54. The van der Waals surface area contributed by atoms with Gasteiger partial charge in [0.1, 0.15) is 11.9 Å². The first-order chi connectivity index (χ1) is 10.6. The van der Waals surface area contributed by atoms with E-state index in [2.05, 4.69) is 14.8 Å². The van der Waals surface area contributed by atoms with Gasteiger partial charge in [0.05, 0.1) is 23.8 Å². The lowest BCUT2D eigenvalue weighted by molar-refractivity contribution is -0.453. The van der Waals surface area contributed by atoms with Crippen LogP contribution < -0.4 is 4.74 Å². The highest BCUT2D eigenvalue weighted by atomic mass is 17.5. The second kappa shape index (κ2) is 9.59. The zero-order valence-electron chi connectivity index (χ0n) is 12.6. The number of methoxy groups -OCH3 is 1. The Hall–Kier alpha value is -2.32. The molecule has 0 aliphatic heterocycles. The molecule has 1 aromatic carbocycles. The summed E-state index contributed by atoms with van der Waals surface area (Å²) in [4.78, 5) is 31.3. The average Bonchev–Trinajstić information content (AvgIpc) is 2.48. The molecule has 0 saturated heterocycles. The Balaban J connectivity index is 2.36. The normalized spacial score (nSPS) is 11.4. The monoisotopic (exact) mass is 314 g/mol. The molecule has 1 rings (SSSR count). The molecule has 0 spiro atoms. The Morgan fingerprint density at radius 1 is 1.23 bits per heavy atom. The molecule has 0 aliphatic rings. The van der Waals surface area contributed by atoms with E-state index in [-0.39, 0.29) is 12.2 Å². The molecule has 22 heavy (non-hydrogen) atoms. The van der Waals surface area contributed by atoms with Crippen molar-refractivity contribution in [2.75, 3.05) is 20.3 Å². The summed E-state index contributed by atoms with van der Waals surface area (Å²) in [5, 5.41) is 4.08. The lowest BCUT2D eigenvalue weighted by Crippen LogP contribution is -2.21. The van der Waals surface area contributed by atoms with Gasteiger partial charge in [-0.3, -0.25) is 4.89 Å². The van der Waals surface area contributed by atoms with Crippen molar-refractivity contribution in [1.82, 2.24) is 0 Å². The fraction of sp³-hybridized carbons (Fsp3) is 0.429. The Morgan fingerprint density at radius 3 is 2.68 bits per heavy atom. The molecule has 1 atom stereocenters. The largest absolute Gasteiger partial charge is 0.543 e. The maximum Gasteiger partial charge on any atom is 0.543 e. The lowest BCUT2D eigenvalue weighted by Gasteiger charge is -2.10. The van der Waals surface area contributed by atoms with E-state index in [1.807, 2.05) is 6.92 Å². The fourth-order valence-corrected chi connectivity index (χ4v) is 1.46. The minimum absolute atomic E-state index is 0.177. The van der Waals surface area contributed by atoms with Gasteiger partial charge in [0, 0.05) is 7.11 Å². The molecular formula is C14H18O8. The van der Waals surface area contributed by atoms with Crippen LogP contribution in [0, 0.1) is 0 Å². The molecule has 122 valence electrons. The molecule has 0 aromatic heterocycles. The van der Waals surface area contributed by atoms with E-state index in [0.717, 1.165) is 0 Å². The molecule has 0 N–H and O–H groups in total. The van der Waals surface area contributed by atoms with Crippen LogP contribution in [-0.2, 0) is 24.3 Å². The highest BCUT2D eigenvalue weighted by molar-refractivity contribution is 5.89. The van der Waals surface area contributed by atoms with Crippen LogP contribution in [0.1, 0.15) is 24.2 Å². The molecule has 0 bridgehead atoms. The van der Waals surface area contributed by atoms with E-state index in [4.69, 9.17) is 14.2 Å². The minimum atomic E-state index is -1.15. The second-order valence-corrected chi connectivity index (χ2v) is 4.12. The van der Waals surface area contributed by atoms with Crippen LogP contribution in [-0.4, -0.2) is 38.6 Å². The molecule has 8 nitrogen and oxygen atoms in total. The standard InChI is InChI=1S/C14H18O8/c1-4-18-12-7-5-6-11(8-12)13(15)20-22-21-14(16)19-10(2)9-17-3/h5-8,10H,4,9H2,1-3H3. The molecular weight excluding hydrogens is 296 g/mol. The number of hydrogen-bond acceptors (Lipinski definition) is 8. The van der Waals surface area contributed by atoms with Gasteiger partial charge in [0.2, 0.25) is 0 Å². The predicted octanol–water partition coefficient (Wildman–Crippen LogP) is 2.28. The molecule has 0 amide bonds. The van der Waals surface area contributed by atoms with Gasteiger partial charge < -0.3 is 14.2 Å². The van der Waals surface area contributed by atoms with Gasteiger partial charge >= 0.3 is 12.1 Å². The summed E-state index contributed by atoms with van der Waals surface area (Å²) in [6.45, 7) is 4.07. The summed E-state index contributed by atoms with van der Waals surface area (Å²) in [7, 11) is 1.46. The van der Waals surface area contributed by atoms with E-state index in [1.165, 1.54) is 19.2 Å². The number of ether oxygens (including phenoxy) is 3. The molecule has 1 unspecified atom stereocenters. The topological polar surface area (TPSA) is 89.5 Å². The second-order valence-electron chi connectivity index (χ2n) is 4.12. The first-order valence-corrected chi connectivity index (χ1v) is 6.54. The summed E-state index contributed by atoms with van der Waals surface area (Å²) < 4.78 is 14.7. The van der Waals surface area contributed by atoms with E-state index >= 15 is 0 Å². The van der Waals surface area contributed by atoms with Crippen LogP contribution in [0.25, 0.3) is 0 Å². The third-order valence-corrected chi connectivity index (χ3v) is 2.29. The molecule has 8 heteroatoms. The zero-order valence-corrected chi connectivity index (χ0v) is 12.6. The van der Waals surface area contributed by atoms with Gasteiger partial charge in [0.15, 0.2) is 0 Å².